The number of pyridine rings is 2. The van der Waals surface area contributed by atoms with Gasteiger partial charge >= 0.3 is 0 Å². The first kappa shape index (κ1) is 18.6. The summed E-state index contributed by atoms with van der Waals surface area (Å²) in [4.78, 5) is 23.0. The Kier molecular flexibility index (Phi) is 6.15. The maximum atomic E-state index is 12.5. The maximum absolute atomic E-state index is 12.5. The summed E-state index contributed by atoms with van der Waals surface area (Å²) < 4.78 is 0. The van der Waals surface area contributed by atoms with Gasteiger partial charge in [0, 0.05) is 44.3 Å². The molecular formula is C22H24N4O. The van der Waals surface area contributed by atoms with Gasteiger partial charge in [-0.3, -0.25) is 9.78 Å². The summed E-state index contributed by atoms with van der Waals surface area (Å²) >= 11 is 0. The summed E-state index contributed by atoms with van der Waals surface area (Å²) in [5, 5.41) is 2.99. The van der Waals surface area contributed by atoms with Gasteiger partial charge in [-0.2, -0.15) is 0 Å². The Balaban J connectivity index is 1.60. The highest BCUT2D eigenvalue weighted by Gasteiger charge is 2.10. The average molecular weight is 360 g/mol. The molecule has 1 amide bonds. The lowest BCUT2D eigenvalue weighted by Crippen LogP contribution is -2.25. The Morgan fingerprint density at radius 1 is 1.07 bits per heavy atom. The SMILES string of the molecule is Cc1ccccc1CNC(=O)c1ccnc(N(C)CCc2ccncc2)c1. The van der Waals surface area contributed by atoms with E-state index < -0.39 is 0 Å². The van der Waals surface area contributed by atoms with Crippen LogP contribution in [0.5, 0.6) is 0 Å². The van der Waals surface area contributed by atoms with Gasteiger partial charge in [-0.25, -0.2) is 4.98 Å². The Bertz CT molecular complexity index is 896. The Labute approximate surface area is 160 Å². The molecule has 1 aromatic carbocycles. The van der Waals surface area contributed by atoms with Gasteiger partial charge in [-0.15, -0.1) is 0 Å². The van der Waals surface area contributed by atoms with Crippen LogP contribution in [0.15, 0.2) is 67.1 Å². The van der Waals surface area contributed by atoms with E-state index in [1.165, 1.54) is 11.1 Å². The first-order chi connectivity index (χ1) is 13.1. The molecule has 138 valence electrons. The third-order valence-corrected chi connectivity index (χ3v) is 4.58. The highest BCUT2D eigenvalue weighted by atomic mass is 16.1. The normalized spacial score (nSPS) is 10.4. The first-order valence-corrected chi connectivity index (χ1v) is 9.02. The number of rotatable bonds is 7. The van der Waals surface area contributed by atoms with Crippen molar-refractivity contribution in [3.63, 3.8) is 0 Å². The van der Waals surface area contributed by atoms with Crippen molar-refractivity contribution in [3.05, 3.63) is 89.4 Å². The number of carbonyl (C=O) groups excluding carboxylic acids is 1. The van der Waals surface area contributed by atoms with Crippen LogP contribution in [-0.4, -0.2) is 29.5 Å². The van der Waals surface area contributed by atoms with Gasteiger partial charge in [0.2, 0.25) is 0 Å². The molecule has 2 heterocycles. The van der Waals surface area contributed by atoms with Crippen LogP contribution in [0.25, 0.3) is 0 Å². The van der Waals surface area contributed by atoms with E-state index in [2.05, 4.69) is 20.2 Å². The number of likely N-dealkylation sites (N-methyl/N-ethyl adjacent to an activating group) is 1. The van der Waals surface area contributed by atoms with Crippen molar-refractivity contribution in [2.45, 2.75) is 19.9 Å². The van der Waals surface area contributed by atoms with E-state index in [0.717, 1.165) is 24.3 Å². The molecule has 0 atom stereocenters. The largest absolute Gasteiger partial charge is 0.359 e. The van der Waals surface area contributed by atoms with Crippen LogP contribution in [0.3, 0.4) is 0 Å². The molecule has 0 spiro atoms. The number of carbonyl (C=O) groups is 1. The summed E-state index contributed by atoms with van der Waals surface area (Å²) in [5.74, 6) is 0.692. The van der Waals surface area contributed by atoms with Gasteiger partial charge < -0.3 is 10.2 Å². The van der Waals surface area contributed by atoms with E-state index in [-0.39, 0.29) is 5.91 Å². The van der Waals surface area contributed by atoms with Crippen LogP contribution >= 0.6 is 0 Å². The number of aromatic nitrogens is 2. The molecule has 0 unspecified atom stereocenters. The molecule has 2 aromatic heterocycles. The van der Waals surface area contributed by atoms with E-state index >= 15 is 0 Å². The molecule has 3 rings (SSSR count). The third-order valence-electron chi connectivity index (χ3n) is 4.58. The predicted octanol–water partition coefficient (Wildman–Crippen LogP) is 3.39. The number of amides is 1. The van der Waals surface area contributed by atoms with Crippen LogP contribution in [0.4, 0.5) is 5.82 Å². The average Bonchev–Trinajstić information content (AvgIpc) is 2.72. The molecule has 27 heavy (non-hydrogen) atoms. The fraction of sp³-hybridized carbons (Fsp3) is 0.227. The molecule has 5 nitrogen and oxygen atoms in total. The Morgan fingerprint density at radius 3 is 2.63 bits per heavy atom. The van der Waals surface area contributed by atoms with Gasteiger partial charge in [0.15, 0.2) is 0 Å². The zero-order chi connectivity index (χ0) is 19.1. The lowest BCUT2D eigenvalue weighted by molar-refractivity contribution is 0.0951. The quantitative estimate of drug-likeness (QED) is 0.702. The highest BCUT2D eigenvalue weighted by molar-refractivity contribution is 5.94. The van der Waals surface area contributed by atoms with Crippen LogP contribution in [0.1, 0.15) is 27.0 Å². The number of anilines is 1. The zero-order valence-corrected chi connectivity index (χ0v) is 15.7. The van der Waals surface area contributed by atoms with E-state index in [1.54, 1.807) is 24.7 Å². The molecule has 1 N–H and O–H groups in total. The van der Waals surface area contributed by atoms with Crippen molar-refractivity contribution in [1.82, 2.24) is 15.3 Å². The molecule has 3 aromatic rings. The monoisotopic (exact) mass is 360 g/mol. The standard InChI is InChI=1S/C22H24N4O/c1-17-5-3-4-6-20(17)16-25-22(27)19-9-13-24-21(15-19)26(2)14-10-18-7-11-23-12-8-18/h3-9,11-13,15H,10,14,16H2,1-2H3,(H,25,27). The number of benzene rings is 1. The molecule has 0 aliphatic rings. The third kappa shape index (κ3) is 5.14. The Morgan fingerprint density at radius 2 is 1.85 bits per heavy atom. The van der Waals surface area contributed by atoms with E-state index in [1.807, 2.05) is 56.4 Å². The molecule has 0 saturated heterocycles. The molecule has 0 fully saturated rings. The minimum Gasteiger partial charge on any atom is -0.359 e. The van der Waals surface area contributed by atoms with Crippen molar-refractivity contribution in [2.75, 3.05) is 18.5 Å². The topological polar surface area (TPSA) is 58.1 Å². The number of nitrogens with zero attached hydrogens (tertiary/aromatic N) is 3. The second kappa shape index (κ2) is 8.94. The summed E-state index contributed by atoms with van der Waals surface area (Å²) in [6, 6.07) is 15.7. The molecule has 0 radical (unpaired) electrons. The van der Waals surface area contributed by atoms with Gasteiger partial charge in [0.1, 0.15) is 5.82 Å². The molecule has 5 heteroatoms. The zero-order valence-electron chi connectivity index (χ0n) is 15.7. The van der Waals surface area contributed by atoms with Gasteiger partial charge in [-0.05, 0) is 54.3 Å². The predicted molar refractivity (Wildman–Crippen MR) is 108 cm³/mol. The highest BCUT2D eigenvalue weighted by Crippen LogP contribution is 2.13. The fourth-order valence-corrected chi connectivity index (χ4v) is 2.82. The van der Waals surface area contributed by atoms with E-state index in [9.17, 15) is 4.79 Å². The maximum Gasteiger partial charge on any atom is 0.251 e. The van der Waals surface area contributed by atoms with Crippen LogP contribution in [0.2, 0.25) is 0 Å². The van der Waals surface area contributed by atoms with E-state index in [4.69, 9.17) is 0 Å². The smallest absolute Gasteiger partial charge is 0.251 e. The van der Waals surface area contributed by atoms with Crippen LogP contribution in [-0.2, 0) is 13.0 Å². The fourth-order valence-electron chi connectivity index (χ4n) is 2.82. The van der Waals surface area contributed by atoms with Crippen molar-refractivity contribution >= 4 is 11.7 Å². The molecule has 0 saturated carbocycles. The second-order valence-corrected chi connectivity index (χ2v) is 6.54. The summed E-state index contributed by atoms with van der Waals surface area (Å²) in [6.07, 6.45) is 6.17. The van der Waals surface area contributed by atoms with Crippen molar-refractivity contribution in [1.29, 1.82) is 0 Å². The first-order valence-electron chi connectivity index (χ1n) is 9.02. The van der Waals surface area contributed by atoms with E-state index in [0.29, 0.717) is 12.1 Å². The van der Waals surface area contributed by atoms with Crippen molar-refractivity contribution in [3.8, 4) is 0 Å². The summed E-state index contributed by atoms with van der Waals surface area (Å²) in [5.41, 5.74) is 4.13. The number of hydrogen-bond acceptors (Lipinski definition) is 4. The van der Waals surface area contributed by atoms with Crippen LogP contribution < -0.4 is 10.2 Å². The van der Waals surface area contributed by atoms with Crippen molar-refractivity contribution < 1.29 is 4.79 Å². The van der Waals surface area contributed by atoms with Crippen LogP contribution in [0, 0.1) is 6.92 Å². The van der Waals surface area contributed by atoms with Gasteiger partial charge in [0.25, 0.3) is 5.91 Å². The number of nitrogens with one attached hydrogen (secondary N) is 1. The lowest BCUT2D eigenvalue weighted by Gasteiger charge is -2.18. The number of aryl methyl sites for hydroxylation is 1. The Hall–Kier alpha value is -3.21. The minimum atomic E-state index is -0.0931. The van der Waals surface area contributed by atoms with Gasteiger partial charge in [0.05, 0.1) is 0 Å². The second-order valence-electron chi connectivity index (χ2n) is 6.54. The number of hydrogen-bond donors (Lipinski definition) is 1. The van der Waals surface area contributed by atoms with Crippen molar-refractivity contribution in [2.24, 2.45) is 0 Å². The molecular weight excluding hydrogens is 336 g/mol. The molecule has 0 bridgehead atoms. The van der Waals surface area contributed by atoms with Gasteiger partial charge in [-0.1, -0.05) is 24.3 Å². The lowest BCUT2D eigenvalue weighted by atomic mass is 10.1. The minimum absolute atomic E-state index is 0.0931. The molecule has 0 aliphatic heterocycles. The summed E-state index contributed by atoms with van der Waals surface area (Å²) in [7, 11) is 1.98. The molecule has 0 aliphatic carbocycles. The summed E-state index contributed by atoms with van der Waals surface area (Å²) in [6.45, 7) is 3.37.